The van der Waals surface area contributed by atoms with Crippen molar-refractivity contribution in [3.8, 4) is 0 Å². The predicted octanol–water partition coefficient (Wildman–Crippen LogP) is 4.15. The molecular weight excluding hydrogens is 276 g/mol. The van der Waals surface area contributed by atoms with Crippen LogP contribution in [0.25, 0.3) is 0 Å². The van der Waals surface area contributed by atoms with E-state index in [2.05, 4.69) is 22.0 Å². The van der Waals surface area contributed by atoms with Crippen LogP contribution in [0.1, 0.15) is 28.4 Å². The second-order valence-corrected chi connectivity index (χ2v) is 5.29. The Bertz CT molecular complexity index is 497. The average Bonchev–Trinajstić information content (AvgIpc) is 2.28. The van der Waals surface area contributed by atoms with Crippen LogP contribution in [-0.2, 0) is 0 Å². The van der Waals surface area contributed by atoms with Crippen molar-refractivity contribution < 1.29 is 5.11 Å². The summed E-state index contributed by atoms with van der Waals surface area (Å²) in [7, 11) is 0. The molecule has 0 amide bonds. The largest absolute Gasteiger partial charge is 0.384 e. The van der Waals surface area contributed by atoms with E-state index in [1.54, 1.807) is 0 Å². The van der Waals surface area contributed by atoms with Crippen molar-refractivity contribution in [3.05, 3.63) is 69.2 Å². The van der Waals surface area contributed by atoms with Crippen molar-refractivity contribution in [1.82, 2.24) is 0 Å². The van der Waals surface area contributed by atoms with Crippen molar-refractivity contribution in [2.24, 2.45) is 0 Å². The maximum Gasteiger partial charge on any atom is 0.104 e. The number of aliphatic hydroxyl groups excluding tert-OH is 1. The Kier molecular flexibility index (Phi) is 3.65. The number of benzene rings is 2. The fraction of sp³-hybridized carbons (Fsp3) is 0.200. The van der Waals surface area contributed by atoms with Gasteiger partial charge in [-0.25, -0.2) is 0 Å². The molecule has 2 heteroatoms. The molecule has 0 radical (unpaired) electrons. The van der Waals surface area contributed by atoms with Gasteiger partial charge in [0, 0.05) is 4.47 Å². The van der Waals surface area contributed by atoms with Gasteiger partial charge in [0.05, 0.1) is 0 Å². The second-order valence-electron chi connectivity index (χ2n) is 4.38. The van der Waals surface area contributed by atoms with Crippen LogP contribution in [0.4, 0.5) is 0 Å². The fourth-order valence-corrected chi connectivity index (χ4v) is 2.27. The topological polar surface area (TPSA) is 20.2 Å². The third kappa shape index (κ3) is 2.96. The molecule has 0 heterocycles. The second kappa shape index (κ2) is 5.03. The molecule has 0 saturated heterocycles. The minimum Gasteiger partial charge on any atom is -0.384 e. The summed E-state index contributed by atoms with van der Waals surface area (Å²) in [4.78, 5) is 0. The number of halogens is 1. The van der Waals surface area contributed by atoms with Crippen LogP contribution in [0.5, 0.6) is 0 Å². The van der Waals surface area contributed by atoms with Gasteiger partial charge in [-0.05, 0) is 37.1 Å². The number of hydrogen-bond acceptors (Lipinski definition) is 1. The highest BCUT2D eigenvalue weighted by atomic mass is 79.9. The first-order valence-electron chi connectivity index (χ1n) is 5.58. The van der Waals surface area contributed by atoms with Crippen LogP contribution >= 0.6 is 15.9 Å². The van der Waals surface area contributed by atoms with E-state index >= 15 is 0 Å². The van der Waals surface area contributed by atoms with Gasteiger partial charge in [-0.3, -0.25) is 0 Å². The SMILES string of the molecule is Cc1cc(C)cc([C@@H](O)c2ccc(Br)cc2)c1. The van der Waals surface area contributed by atoms with Crippen molar-refractivity contribution in [2.75, 3.05) is 0 Å². The van der Waals surface area contributed by atoms with Gasteiger partial charge in [0.2, 0.25) is 0 Å². The molecule has 2 rings (SSSR count). The highest BCUT2D eigenvalue weighted by Gasteiger charge is 2.10. The van der Waals surface area contributed by atoms with Gasteiger partial charge < -0.3 is 5.11 Å². The van der Waals surface area contributed by atoms with Crippen LogP contribution in [0.3, 0.4) is 0 Å². The molecule has 0 saturated carbocycles. The van der Waals surface area contributed by atoms with Gasteiger partial charge in [-0.15, -0.1) is 0 Å². The highest BCUT2D eigenvalue weighted by molar-refractivity contribution is 9.10. The standard InChI is InChI=1S/C15H15BrO/c1-10-7-11(2)9-13(8-10)15(17)12-3-5-14(16)6-4-12/h3-9,15,17H,1-2H3/t15-/m0/s1. The molecule has 1 atom stereocenters. The third-order valence-electron chi connectivity index (χ3n) is 2.75. The van der Waals surface area contributed by atoms with Crippen molar-refractivity contribution in [1.29, 1.82) is 0 Å². The maximum atomic E-state index is 10.3. The van der Waals surface area contributed by atoms with Crippen molar-refractivity contribution in [3.63, 3.8) is 0 Å². The summed E-state index contributed by atoms with van der Waals surface area (Å²) >= 11 is 3.39. The zero-order chi connectivity index (χ0) is 12.4. The quantitative estimate of drug-likeness (QED) is 0.881. The molecule has 0 aliphatic rings. The summed E-state index contributed by atoms with van der Waals surface area (Å²) in [5, 5.41) is 10.3. The number of aryl methyl sites for hydroxylation is 2. The molecule has 1 N–H and O–H groups in total. The Balaban J connectivity index is 2.36. The van der Waals surface area contributed by atoms with Crippen LogP contribution in [-0.4, -0.2) is 5.11 Å². The van der Waals surface area contributed by atoms with E-state index in [1.807, 2.05) is 50.2 Å². The highest BCUT2D eigenvalue weighted by Crippen LogP contribution is 2.25. The van der Waals surface area contributed by atoms with Gasteiger partial charge in [-0.2, -0.15) is 0 Å². The Morgan fingerprint density at radius 3 is 1.94 bits per heavy atom. The smallest absolute Gasteiger partial charge is 0.104 e. The normalized spacial score (nSPS) is 12.5. The van der Waals surface area contributed by atoms with E-state index in [4.69, 9.17) is 0 Å². The van der Waals surface area contributed by atoms with E-state index in [-0.39, 0.29) is 0 Å². The molecule has 0 fully saturated rings. The third-order valence-corrected chi connectivity index (χ3v) is 3.27. The number of hydrogen-bond donors (Lipinski definition) is 1. The van der Waals surface area contributed by atoms with E-state index in [1.165, 1.54) is 11.1 Å². The molecular formula is C15H15BrO. The first-order valence-corrected chi connectivity index (χ1v) is 6.37. The molecule has 0 aromatic heterocycles. The molecule has 2 aromatic rings. The monoisotopic (exact) mass is 290 g/mol. The minimum atomic E-state index is -0.554. The van der Waals surface area contributed by atoms with E-state index in [9.17, 15) is 5.11 Å². The maximum absolute atomic E-state index is 10.3. The lowest BCUT2D eigenvalue weighted by molar-refractivity contribution is 0.220. The molecule has 88 valence electrons. The van der Waals surface area contributed by atoms with Crippen LogP contribution < -0.4 is 0 Å². The molecule has 2 aromatic carbocycles. The first kappa shape index (κ1) is 12.3. The van der Waals surface area contributed by atoms with Crippen LogP contribution in [0, 0.1) is 13.8 Å². The van der Waals surface area contributed by atoms with Crippen LogP contribution in [0.2, 0.25) is 0 Å². The van der Waals surface area contributed by atoms with Gasteiger partial charge in [0.1, 0.15) is 6.10 Å². The lowest BCUT2D eigenvalue weighted by Crippen LogP contribution is -2.00. The summed E-state index contributed by atoms with van der Waals surface area (Å²) in [6.45, 7) is 4.09. The molecule has 0 spiro atoms. The van der Waals surface area contributed by atoms with Gasteiger partial charge >= 0.3 is 0 Å². The van der Waals surface area contributed by atoms with E-state index in [0.29, 0.717) is 0 Å². The molecule has 0 aliphatic heterocycles. The average molecular weight is 291 g/mol. The molecule has 0 aliphatic carbocycles. The van der Waals surface area contributed by atoms with Gasteiger partial charge in [0.25, 0.3) is 0 Å². The zero-order valence-electron chi connectivity index (χ0n) is 9.94. The predicted molar refractivity (Wildman–Crippen MR) is 74.1 cm³/mol. The first-order chi connectivity index (χ1) is 8.06. The van der Waals surface area contributed by atoms with E-state index in [0.717, 1.165) is 15.6 Å². The summed E-state index contributed by atoms with van der Waals surface area (Å²) in [5.41, 5.74) is 4.22. The Hall–Kier alpha value is -1.12. The molecule has 0 unspecified atom stereocenters. The summed E-state index contributed by atoms with van der Waals surface area (Å²) in [5.74, 6) is 0. The van der Waals surface area contributed by atoms with Crippen molar-refractivity contribution >= 4 is 15.9 Å². The molecule has 0 bridgehead atoms. The Morgan fingerprint density at radius 2 is 1.41 bits per heavy atom. The lowest BCUT2D eigenvalue weighted by Gasteiger charge is -2.13. The minimum absolute atomic E-state index is 0.554. The van der Waals surface area contributed by atoms with Gasteiger partial charge in [-0.1, -0.05) is 57.4 Å². The van der Waals surface area contributed by atoms with Gasteiger partial charge in [0.15, 0.2) is 0 Å². The lowest BCUT2D eigenvalue weighted by atomic mass is 9.98. The fourth-order valence-electron chi connectivity index (χ4n) is 2.01. The molecule has 1 nitrogen and oxygen atoms in total. The summed E-state index contributed by atoms with van der Waals surface area (Å²) < 4.78 is 1.02. The van der Waals surface area contributed by atoms with Crippen LogP contribution in [0.15, 0.2) is 46.9 Å². The van der Waals surface area contributed by atoms with Crippen molar-refractivity contribution in [2.45, 2.75) is 20.0 Å². The summed E-state index contributed by atoms with van der Waals surface area (Å²) in [6, 6.07) is 13.9. The van der Waals surface area contributed by atoms with E-state index < -0.39 is 6.10 Å². The molecule has 17 heavy (non-hydrogen) atoms. The number of rotatable bonds is 2. The summed E-state index contributed by atoms with van der Waals surface area (Å²) in [6.07, 6.45) is -0.554. The zero-order valence-corrected chi connectivity index (χ0v) is 11.5. The number of aliphatic hydroxyl groups is 1. The Morgan fingerprint density at radius 1 is 0.882 bits per heavy atom. The Labute approximate surface area is 110 Å².